The van der Waals surface area contributed by atoms with E-state index in [0.29, 0.717) is 17.6 Å². The smallest absolute Gasteiger partial charge is 0.250 e. The average Bonchev–Trinajstić information content (AvgIpc) is 2.47. The molecule has 1 unspecified atom stereocenters. The van der Waals surface area contributed by atoms with Crippen LogP contribution in [-0.4, -0.2) is 29.7 Å². The Morgan fingerprint density at radius 3 is 2.47 bits per heavy atom. The monoisotopic (exact) mass is 209 g/mol. The van der Waals surface area contributed by atoms with E-state index >= 15 is 0 Å². The first-order valence-corrected chi connectivity index (χ1v) is 5.66. The molecule has 0 radical (unpaired) electrons. The molecule has 0 aromatic heterocycles. The second kappa shape index (κ2) is 5.10. The molecule has 0 spiro atoms. The van der Waals surface area contributed by atoms with Gasteiger partial charge in [0.1, 0.15) is 6.29 Å². The Morgan fingerprint density at radius 1 is 1.40 bits per heavy atom. The zero-order valence-corrected chi connectivity index (χ0v) is 9.75. The van der Waals surface area contributed by atoms with Crippen molar-refractivity contribution in [3.8, 4) is 0 Å². The van der Waals surface area contributed by atoms with Gasteiger partial charge in [0, 0.05) is 17.7 Å². The summed E-state index contributed by atoms with van der Waals surface area (Å²) in [6.07, 6.45) is 3.56. The molecule has 1 atom stereocenters. The summed E-state index contributed by atoms with van der Waals surface area (Å²) in [6, 6.07) is -0.0310. The lowest BCUT2D eigenvalue weighted by atomic mass is 10.1. The predicted octanol–water partition coefficient (Wildman–Crippen LogP) is 1.92. The lowest BCUT2D eigenvalue weighted by molar-refractivity contribution is -0.126. The van der Waals surface area contributed by atoms with Crippen molar-refractivity contribution in [2.45, 2.75) is 46.1 Å². The number of hydrogen-bond acceptors (Lipinski definition) is 2. The third-order valence-corrected chi connectivity index (χ3v) is 3.02. The standard InChI is InChI=1S/C12H19NO2/c1-4-6-7-13-9(3)11(8-14)10(5-2)12(13)15/h8-9H,4-7H2,1-3H3. The molecule has 1 amide bonds. The van der Waals surface area contributed by atoms with Gasteiger partial charge in [-0.3, -0.25) is 9.59 Å². The Morgan fingerprint density at radius 2 is 2.07 bits per heavy atom. The zero-order chi connectivity index (χ0) is 11.4. The van der Waals surface area contributed by atoms with Crippen molar-refractivity contribution in [2.24, 2.45) is 0 Å². The molecule has 15 heavy (non-hydrogen) atoms. The van der Waals surface area contributed by atoms with E-state index in [4.69, 9.17) is 0 Å². The minimum Gasteiger partial charge on any atom is -0.332 e. The number of hydrogen-bond donors (Lipinski definition) is 0. The van der Waals surface area contributed by atoms with E-state index in [0.717, 1.165) is 25.7 Å². The van der Waals surface area contributed by atoms with Crippen LogP contribution in [0.25, 0.3) is 0 Å². The number of rotatable bonds is 5. The van der Waals surface area contributed by atoms with Crippen molar-refractivity contribution in [3.63, 3.8) is 0 Å². The zero-order valence-electron chi connectivity index (χ0n) is 9.75. The molecule has 1 heterocycles. The fourth-order valence-electron chi connectivity index (χ4n) is 2.04. The first-order chi connectivity index (χ1) is 7.17. The van der Waals surface area contributed by atoms with Gasteiger partial charge < -0.3 is 4.90 Å². The van der Waals surface area contributed by atoms with Crippen LogP contribution in [0.15, 0.2) is 11.1 Å². The van der Waals surface area contributed by atoms with Crippen molar-refractivity contribution in [1.82, 2.24) is 4.90 Å². The predicted molar refractivity (Wildman–Crippen MR) is 59.5 cm³/mol. The van der Waals surface area contributed by atoms with Crippen molar-refractivity contribution >= 4 is 12.2 Å². The van der Waals surface area contributed by atoms with Crippen LogP contribution >= 0.6 is 0 Å². The van der Waals surface area contributed by atoms with E-state index in [1.807, 2.05) is 18.7 Å². The number of carbonyl (C=O) groups is 2. The highest BCUT2D eigenvalue weighted by Crippen LogP contribution is 2.26. The fourth-order valence-corrected chi connectivity index (χ4v) is 2.04. The Labute approximate surface area is 91.1 Å². The van der Waals surface area contributed by atoms with Crippen LogP contribution in [0, 0.1) is 0 Å². The molecule has 0 N–H and O–H groups in total. The number of nitrogens with zero attached hydrogens (tertiary/aromatic N) is 1. The van der Waals surface area contributed by atoms with E-state index in [1.54, 1.807) is 0 Å². The highest BCUT2D eigenvalue weighted by Gasteiger charge is 2.34. The molecule has 0 saturated carbocycles. The maximum absolute atomic E-state index is 11.9. The van der Waals surface area contributed by atoms with Crippen LogP contribution in [0.1, 0.15) is 40.0 Å². The van der Waals surface area contributed by atoms with Gasteiger partial charge in [-0.15, -0.1) is 0 Å². The molecule has 1 aliphatic heterocycles. The minimum absolute atomic E-state index is 0.0310. The summed E-state index contributed by atoms with van der Waals surface area (Å²) in [5.41, 5.74) is 1.38. The van der Waals surface area contributed by atoms with E-state index < -0.39 is 0 Å². The SMILES string of the molecule is CCCCN1C(=O)C(CC)=C(C=O)C1C. The van der Waals surface area contributed by atoms with Crippen molar-refractivity contribution in [1.29, 1.82) is 0 Å². The molecule has 0 aromatic carbocycles. The maximum Gasteiger partial charge on any atom is 0.250 e. The summed E-state index contributed by atoms with van der Waals surface area (Å²) in [5, 5.41) is 0. The lowest BCUT2D eigenvalue weighted by Gasteiger charge is -2.22. The molecule has 0 fully saturated rings. The summed E-state index contributed by atoms with van der Waals surface area (Å²) in [7, 11) is 0. The summed E-state index contributed by atoms with van der Waals surface area (Å²) < 4.78 is 0. The third kappa shape index (κ3) is 2.11. The van der Waals surface area contributed by atoms with E-state index in [2.05, 4.69) is 6.92 Å². The summed E-state index contributed by atoms with van der Waals surface area (Å²) in [4.78, 5) is 24.7. The van der Waals surface area contributed by atoms with Crippen LogP contribution < -0.4 is 0 Å². The highest BCUT2D eigenvalue weighted by molar-refractivity contribution is 6.03. The second-order valence-electron chi connectivity index (χ2n) is 3.93. The normalized spacial score (nSPS) is 21.4. The Hall–Kier alpha value is -1.12. The first kappa shape index (κ1) is 12.0. The molecular weight excluding hydrogens is 190 g/mol. The summed E-state index contributed by atoms with van der Waals surface area (Å²) in [6.45, 7) is 6.71. The molecule has 3 heteroatoms. The van der Waals surface area contributed by atoms with Gasteiger partial charge in [0.25, 0.3) is 5.91 Å². The highest BCUT2D eigenvalue weighted by atomic mass is 16.2. The van der Waals surface area contributed by atoms with E-state index in [1.165, 1.54) is 0 Å². The molecule has 1 aliphatic rings. The molecule has 84 valence electrons. The number of carbonyl (C=O) groups excluding carboxylic acids is 2. The van der Waals surface area contributed by atoms with Gasteiger partial charge in [0.2, 0.25) is 0 Å². The topological polar surface area (TPSA) is 37.4 Å². The quantitative estimate of drug-likeness (QED) is 0.649. The van der Waals surface area contributed by atoms with Crippen LogP contribution in [0.4, 0.5) is 0 Å². The van der Waals surface area contributed by atoms with Crippen molar-refractivity contribution in [2.75, 3.05) is 6.54 Å². The fraction of sp³-hybridized carbons (Fsp3) is 0.667. The molecule has 0 aromatic rings. The Bertz CT molecular complexity index is 294. The number of unbranched alkanes of at least 4 members (excludes halogenated alkanes) is 1. The van der Waals surface area contributed by atoms with E-state index in [9.17, 15) is 9.59 Å². The summed E-state index contributed by atoms with van der Waals surface area (Å²) >= 11 is 0. The molecule has 3 nitrogen and oxygen atoms in total. The van der Waals surface area contributed by atoms with Crippen LogP contribution in [0.2, 0.25) is 0 Å². The van der Waals surface area contributed by atoms with Crippen molar-refractivity contribution < 1.29 is 9.59 Å². The van der Waals surface area contributed by atoms with Gasteiger partial charge in [-0.05, 0) is 19.8 Å². The lowest BCUT2D eigenvalue weighted by Crippen LogP contribution is -2.34. The van der Waals surface area contributed by atoms with Gasteiger partial charge >= 0.3 is 0 Å². The first-order valence-electron chi connectivity index (χ1n) is 5.66. The molecule has 0 saturated heterocycles. The van der Waals surface area contributed by atoms with Crippen molar-refractivity contribution in [3.05, 3.63) is 11.1 Å². The van der Waals surface area contributed by atoms with Gasteiger partial charge in [0.15, 0.2) is 0 Å². The number of amides is 1. The third-order valence-electron chi connectivity index (χ3n) is 3.02. The largest absolute Gasteiger partial charge is 0.332 e. The Balaban J connectivity index is 2.84. The van der Waals surface area contributed by atoms with Crippen LogP contribution in [0.5, 0.6) is 0 Å². The molecular formula is C12H19NO2. The van der Waals surface area contributed by atoms with Crippen LogP contribution in [0.3, 0.4) is 0 Å². The van der Waals surface area contributed by atoms with E-state index in [-0.39, 0.29) is 11.9 Å². The van der Waals surface area contributed by atoms with Gasteiger partial charge in [-0.2, -0.15) is 0 Å². The second-order valence-corrected chi connectivity index (χ2v) is 3.93. The van der Waals surface area contributed by atoms with Gasteiger partial charge in [-0.1, -0.05) is 20.3 Å². The molecule has 0 bridgehead atoms. The van der Waals surface area contributed by atoms with Gasteiger partial charge in [-0.25, -0.2) is 0 Å². The molecule has 0 aliphatic carbocycles. The average molecular weight is 209 g/mol. The minimum atomic E-state index is -0.0310. The van der Waals surface area contributed by atoms with Gasteiger partial charge in [0.05, 0.1) is 6.04 Å². The number of aldehydes is 1. The Kier molecular flexibility index (Phi) is 4.06. The maximum atomic E-state index is 11.9. The summed E-state index contributed by atoms with van der Waals surface area (Å²) in [5.74, 6) is 0.0561. The molecule has 1 rings (SSSR count). The van der Waals surface area contributed by atoms with Crippen LogP contribution in [-0.2, 0) is 9.59 Å².